The van der Waals surface area contributed by atoms with Crippen molar-refractivity contribution in [2.45, 2.75) is 110 Å². The summed E-state index contributed by atoms with van der Waals surface area (Å²) in [4.78, 5) is 77.8. The fourth-order valence-electron chi connectivity index (χ4n) is 10.3. The highest BCUT2D eigenvalue weighted by Gasteiger charge is 2.41. The van der Waals surface area contributed by atoms with Gasteiger partial charge in [0.15, 0.2) is 0 Å². The maximum atomic E-state index is 14.7. The third kappa shape index (κ3) is 10.2. The Morgan fingerprint density at radius 3 is 2.51 bits per heavy atom. The van der Waals surface area contributed by atoms with Gasteiger partial charge in [0, 0.05) is 93.5 Å². The Bertz CT molecular complexity index is 2520. The van der Waals surface area contributed by atoms with Crippen LogP contribution in [0.25, 0.3) is 33.3 Å². The second kappa shape index (κ2) is 19.8. The number of piperidine rings is 1. The molecule has 67 heavy (non-hydrogen) atoms. The van der Waals surface area contributed by atoms with E-state index in [4.69, 9.17) is 9.47 Å². The molecule has 4 N–H and O–H groups in total. The van der Waals surface area contributed by atoms with E-state index in [2.05, 4.69) is 58.5 Å². The lowest BCUT2D eigenvalue weighted by Crippen LogP contribution is -2.62. The van der Waals surface area contributed by atoms with Gasteiger partial charge in [-0.05, 0) is 103 Å². The normalized spacial score (nSPS) is 21.7. The number of rotatable bonds is 10. The first-order chi connectivity index (χ1) is 32.1. The number of cyclic esters (lactones) is 1. The summed E-state index contributed by atoms with van der Waals surface area (Å²) >= 11 is 0. The zero-order chi connectivity index (χ0) is 47.7. The van der Waals surface area contributed by atoms with E-state index in [1.165, 1.54) is 9.91 Å². The predicted molar refractivity (Wildman–Crippen MR) is 253 cm³/mol. The Labute approximate surface area is 392 Å². The van der Waals surface area contributed by atoms with Crippen LogP contribution in [0.4, 0.5) is 0 Å². The number of esters is 1. The summed E-state index contributed by atoms with van der Waals surface area (Å²) in [7, 11) is 3.30. The van der Waals surface area contributed by atoms with Crippen LogP contribution in [0.2, 0.25) is 0 Å². The minimum absolute atomic E-state index is 0.00213. The monoisotopic (exact) mass is 919 g/mol. The highest BCUT2D eigenvalue weighted by molar-refractivity contribution is 5.96. The molecule has 16 heteroatoms. The molecule has 1 unspecified atom stereocenters. The first-order valence-corrected chi connectivity index (χ1v) is 23.8. The van der Waals surface area contributed by atoms with Gasteiger partial charge in [0.25, 0.3) is 5.91 Å². The molecule has 2 aromatic carbocycles. The van der Waals surface area contributed by atoms with Crippen LogP contribution in [0, 0.1) is 17.3 Å². The Hall–Kier alpha value is -5.84. The highest BCUT2D eigenvalue weighted by Crippen LogP contribution is 2.41. The number of hydrogen-bond donors (Lipinski definition) is 4. The van der Waals surface area contributed by atoms with Crippen molar-refractivity contribution in [3.05, 3.63) is 71.5 Å². The molecular formula is C51H66N8O8. The Morgan fingerprint density at radius 2 is 1.81 bits per heavy atom. The number of likely N-dealkylation sites (tertiary alicyclic amines) is 1. The smallest absolute Gasteiger partial charge is 0.324 e. The standard InChI is InChI=1S/C51H66N8O8/c1-8-58-43-12-11-33-24-37(43)38(45(58)39-26-52-16-13-34(39)28-66-7)25-51(4,5)29-67-50(65)40-10-9-17-59(55-40)49(64)41(22-31-20-35(33)23-36(60)21-31)54-46(61)44(30(2)3)56(6)47(62)32-14-18-57(19-15-32)48(63)42-27-53-42/h11-13,16,20-21,23-24,26,30,32,40-42,44,53,55,60H,8-10,14-15,17-19,22,25,27-29H2,1-7H3,(H,54,61)/t40-,41-,42-,44?/m0/s1. The number of hydrazine groups is 1. The molecule has 0 aliphatic carbocycles. The number of ether oxygens (including phenoxy) is 2. The molecule has 0 saturated carbocycles. The Kier molecular flexibility index (Phi) is 14.1. The van der Waals surface area contributed by atoms with Gasteiger partial charge in [-0.25, -0.2) is 5.43 Å². The number of fused-ring (bicyclic) bond motifs is 6. The molecule has 4 atom stereocenters. The van der Waals surface area contributed by atoms with E-state index in [1.807, 2.05) is 38.2 Å². The summed E-state index contributed by atoms with van der Waals surface area (Å²) < 4.78 is 14.0. The molecule has 4 aliphatic heterocycles. The lowest BCUT2D eigenvalue weighted by atomic mass is 9.84. The number of pyridine rings is 1. The molecule has 358 valence electrons. The Morgan fingerprint density at radius 1 is 1.04 bits per heavy atom. The molecular weight excluding hydrogens is 853 g/mol. The van der Waals surface area contributed by atoms with Gasteiger partial charge >= 0.3 is 5.97 Å². The number of amides is 4. The number of methoxy groups -OCH3 is 1. The summed E-state index contributed by atoms with van der Waals surface area (Å²) in [6, 6.07) is 10.5. The fourth-order valence-corrected chi connectivity index (χ4v) is 10.3. The van der Waals surface area contributed by atoms with Gasteiger partial charge in [-0.2, -0.15) is 0 Å². The van der Waals surface area contributed by atoms with Crippen LogP contribution in [0.1, 0.15) is 77.0 Å². The molecule has 6 heterocycles. The second-order valence-electron chi connectivity index (χ2n) is 19.9. The summed E-state index contributed by atoms with van der Waals surface area (Å²) in [6.45, 7) is 13.1. The van der Waals surface area contributed by atoms with Crippen molar-refractivity contribution in [2.24, 2.45) is 17.3 Å². The van der Waals surface area contributed by atoms with Crippen molar-refractivity contribution in [1.29, 1.82) is 0 Å². The molecule has 3 saturated heterocycles. The van der Waals surface area contributed by atoms with E-state index in [0.717, 1.165) is 44.4 Å². The fraction of sp³-hybridized carbons (Fsp3) is 0.529. The number of phenolic OH excluding ortho intramolecular Hbond substituents is 1. The van der Waals surface area contributed by atoms with Gasteiger partial charge in [-0.15, -0.1) is 0 Å². The van der Waals surface area contributed by atoms with Gasteiger partial charge in [0.1, 0.15) is 23.9 Å². The van der Waals surface area contributed by atoms with Crippen molar-refractivity contribution < 1.29 is 38.6 Å². The van der Waals surface area contributed by atoms with E-state index < -0.39 is 41.3 Å². The van der Waals surface area contributed by atoms with Gasteiger partial charge in [-0.1, -0.05) is 39.8 Å². The van der Waals surface area contributed by atoms with Crippen molar-refractivity contribution in [2.75, 3.05) is 46.9 Å². The van der Waals surface area contributed by atoms with Crippen LogP contribution in [-0.2, 0) is 59.4 Å². The number of phenols is 1. The summed E-state index contributed by atoms with van der Waals surface area (Å²) in [6.07, 6.45) is 6.16. The molecule has 6 bridgehead atoms. The lowest BCUT2D eigenvalue weighted by Gasteiger charge is -2.38. The number of benzene rings is 2. The quantitative estimate of drug-likeness (QED) is 0.128. The number of likely N-dealkylation sites (N-methyl/N-ethyl adjacent to an activating group) is 1. The topological polar surface area (TPSA) is 198 Å². The van der Waals surface area contributed by atoms with Gasteiger partial charge in [0.05, 0.1) is 24.9 Å². The average Bonchev–Trinajstić information content (AvgIpc) is 4.12. The zero-order valence-corrected chi connectivity index (χ0v) is 39.9. The molecule has 2 aromatic heterocycles. The summed E-state index contributed by atoms with van der Waals surface area (Å²) in [5, 5.41) is 19.8. The SMILES string of the molecule is CCn1c(-c2cnccc2COC)c2c3cc(ccc31)-c1cc(O)cc(c1)C[C@H](NC(=O)C(C(C)C)N(C)C(=O)C1CCN(C(=O)[C@@H]3CN3)CC1)C(=O)N1CCC[C@H](N1)C(=O)OCC(C)(C)C2. The average molecular weight is 919 g/mol. The van der Waals surface area contributed by atoms with E-state index in [0.29, 0.717) is 70.5 Å². The van der Waals surface area contributed by atoms with Crippen LogP contribution >= 0.6 is 0 Å². The molecule has 4 aliphatic rings. The van der Waals surface area contributed by atoms with Crippen LogP contribution in [0.5, 0.6) is 5.75 Å². The Balaban J connectivity index is 1.16. The lowest BCUT2D eigenvalue weighted by molar-refractivity contribution is -0.155. The maximum absolute atomic E-state index is 14.7. The summed E-state index contributed by atoms with van der Waals surface area (Å²) in [5.74, 6) is -2.22. The van der Waals surface area contributed by atoms with Crippen LogP contribution < -0.4 is 16.1 Å². The van der Waals surface area contributed by atoms with E-state index in [9.17, 15) is 29.1 Å². The van der Waals surface area contributed by atoms with Gasteiger partial charge in [-0.3, -0.25) is 34.0 Å². The first kappa shape index (κ1) is 47.6. The first-order valence-electron chi connectivity index (χ1n) is 23.8. The van der Waals surface area contributed by atoms with E-state index in [1.54, 1.807) is 37.4 Å². The number of aryl methyl sites for hydroxylation is 1. The van der Waals surface area contributed by atoms with E-state index in [-0.39, 0.29) is 55.0 Å². The minimum Gasteiger partial charge on any atom is -0.508 e. The number of nitrogens with one attached hydrogen (secondary N) is 3. The number of carbonyl (C=O) groups excluding carboxylic acids is 5. The third-order valence-electron chi connectivity index (χ3n) is 13.8. The number of carbonyl (C=O) groups is 5. The minimum atomic E-state index is -1.15. The molecule has 8 rings (SSSR count). The predicted octanol–water partition coefficient (Wildman–Crippen LogP) is 4.58. The highest BCUT2D eigenvalue weighted by atomic mass is 16.5. The number of nitrogens with zero attached hydrogens (tertiary/aromatic N) is 5. The number of hydrogen-bond acceptors (Lipinski definition) is 11. The molecule has 4 aromatic rings. The van der Waals surface area contributed by atoms with Crippen LogP contribution in [0.15, 0.2) is 54.9 Å². The molecule has 0 spiro atoms. The van der Waals surface area contributed by atoms with Gasteiger partial charge in [0.2, 0.25) is 17.7 Å². The van der Waals surface area contributed by atoms with E-state index >= 15 is 0 Å². The largest absolute Gasteiger partial charge is 0.508 e. The van der Waals surface area contributed by atoms with Gasteiger partial charge < -0.3 is 39.6 Å². The van der Waals surface area contributed by atoms with Crippen LogP contribution in [0.3, 0.4) is 0 Å². The number of aromatic hydroxyl groups is 1. The van der Waals surface area contributed by atoms with Crippen LogP contribution in [-0.4, -0.2) is 130 Å². The zero-order valence-electron chi connectivity index (χ0n) is 39.9. The third-order valence-corrected chi connectivity index (χ3v) is 13.8. The number of aromatic nitrogens is 2. The van der Waals surface area contributed by atoms with Crippen molar-refractivity contribution in [3.63, 3.8) is 0 Å². The molecule has 16 nitrogen and oxygen atoms in total. The van der Waals surface area contributed by atoms with Crippen molar-refractivity contribution in [1.82, 2.24) is 40.4 Å². The molecule has 0 radical (unpaired) electrons. The van der Waals surface area contributed by atoms with Crippen molar-refractivity contribution in [3.8, 4) is 28.1 Å². The second-order valence-corrected chi connectivity index (χ2v) is 19.9. The van der Waals surface area contributed by atoms with Crippen molar-refractivity contribution >= 4 is 40.5 Å². The molecule has 4 amide bonds. The molecule has 3 fully saturated rings. The summed E-state index contributed by atoms with van der Waals surface area (Å²) in [5.41, 5.74) is 9.80. The maximum Gasteiger partial charge on any atom is 0.324 e.